The summed E-state index contributed by atoms with van der Waals surface area (Å²) >= 11 is 17.8. The summed E-state index contributed by atoms with van der Waals surface area (Å²) in [5.74, 6) is -0.436. The van der Waals surface area contributed by atoms with Crippen LogP contribution in [0.4, 0.5) is 11.4 Å². The Morgan fingerprint density at radius 1 is 0.960 bits per heavy atom. The first-order valence-electron chi connectivity index (χ1n) is 7.47. The molecule has 0 spiro atoms. The van der Waals surface area contributed by atoms with Crippen molar-refractivity contribution in [1.29, 1.82) is 0 Å². The molecular formula is C17H16Cl3N3O2. The van der Waals surface area contributed by atoms with Crippen LogP contribution in [0.1, 0.15) is 17.3 Å². The van der Waals surface area contributed by atoms with Crippen molar-refractivity contribution in [1.82, 2.24) is 5.32 Å². The standard InChI is InChI=1S/C17H16Cl3N3O2/c1-2-21-17(25)10-3-5-11(6-4-10)22-9-16(24)23-15-8-13(19)12(18)7-14(15)20/h3-8,22H,2,9H2,1H3,(H,21,25)(H,23,24). The van der Waals surface area contributed by atoms with Crippen LogP contribution in [-0.2, 0) is 4.79 Å². The van der Waals surface area contributed by atoms with Gasteiger partial charge in [-0.3, -0.25) is 9.59 Å². The van der Waals surface area contributed by atoms with E-state index in [4.69, 9.17) is 34.8 Å². The van der Waals surface area contributed by atoms with E-state index in [1.54, 1.807) is 24.3 Å². The predicted molar refractivity (Wildman–Crippen MR) is 103 cm³/mol. The van der Waals surface area contributed by atoms with Crippen molar-refractivity contribution in [2.24, 2.45) is 0 Å². The van der Waals surface area contributed by atoms with Gasteiger partial charge in [-0.1, -0.05) is 34.8 Å². The predicted octanol–water partition coefficient (Wildman–Crippen LogP) is 4.45. The highest BCUT2D eigenvalue weighted by Gasteiger charge is 2.10. The number of carbonyl (C=O) groups is 2. The summed E-state index contributed by atoms with van der Waals surface area (Å²) in [4.78, 5) is 23.7. The topological polar surface area (TPSA) is 70.2 Å². The summed E-state index contributed by atoms with van der Waals surface area (Å²) in [6.07, 6.45) is 0. The third-order valence-corrected chi connectivity index (χ3v) is 4.26. The van der Waals surface area contributed by atoms with E-state index >= 15 is 0 Å². The third-order valence-electron chi connectivity index (χ3n) is 3.22. The minimum atomic E-state index is -0.298. The average molecular weight is 401 g/mol. The number of benzene rings is 2. The lowest BCUT2D eigenvalue weighted by atomic mass is 10.2. The van der Waals surface area contributed by atoms with Gasteiger partial charge in [-0.05, 0) is 43.3 Å². The Balaban J connectivity index is 1.92. The summed E-state index contributed by atoms with van der Waals surface area (Å²) in [7, 11) is 0. The first-order chi connectivity index (χ1) is 11.9. The summed E-state index contributed by atoms with van der Waals surface area (Å²) in [5.41, 5.74) is 1.65. The summed E-state index contributed by atoms with van der Waals surface area (Å²) < 4.78 is 0. The molecule has 8 heteroatoms. The van der Waals surface area contributed by atoms with Crippen molar-refractivity contribution < 1.29 is 9.59 Å². The molecule has 0 fully saturated rings. The van der Waals surface area contributed by atoms with E-state index in [1.165, 1.54) is 12.1 Å². The van der Waals surface area contributed by atoms with E-state index < -0.39 is 0 Å². The molecule has 2 amide bonds. The van der Waals surface area contributed by atoms with Gasteiger partial charge in [0.1, 0.15) is 0 Å². The van der Waals surface area contributed by atoms with Crippen LogP contribution in [0.25, 0.3) is 0 Å². The fourth-order valence-corrected chi connectivity index (χ4v) is 2.59. The van der Waals surface area contributed by atoms with Crippen LogP contribution in [0, 0.1) is 0 Å². The Bertz CT molecular complexity index is 779. The molecule has 2 rings (SSSR count). The highest BCUT2D eigenvalue weighted by molar-refractivity contribution is 6.44. The van der Waals surface area contributed by atoms with Gasteiger partial charge in [0.2, 0.25) is 5.91 Å². The van der Waals surface area contributed by atoms with Crippen molar-refractivity contribution in [3.05, 3.63) is 57.0 Å². The Kier molecular flexibility index (Phi) is 6.93. The van der Waals surface area contributed by atoms with Crippen molar-refractivity contribution >= 4 is 58.0 Å². The molecule has 0 heterocycles. The molecule has 0 aliphatic rings. The van der Waals surface area contributed by atoms with Crippen molar-refractivity contribution in [2.75, 3.05) is 23.7 Å². The van der Waals surface area contributed by atoms with Gasteiger partial charge in [0.25, 0.3) is 5.91 Å². The monoisotopic (exact) mass is 399 g/mol. The maximum Gasteiger partial charge on any atom is 0.251 e. The Morgan fingerprint density at radius 2 is 1.60 bits per heavy atom. The largest absolute Gasteiger partial charge is 0.376 e. The first-order valence-corrected chi connectivity index (χ1v) is 8.60. The van der Waals surface area contributed by atoms with Crippen LogP contribution in [0.15, 0.2) is 36.4 Å². The van der Waals surface area contributed by atoms with Gasteiger partial charge >= 0.3 is 0 Å². The van der Waals surface area contributed by atoms with Crippen LogP contribution in [0.5, 0.6) is 0 Å². The maximum atomic E-state index is 12.0. The number of carbonyl (C=O) groups excluding carboxylic acids is 2. The molecule has 2 aromatic carbocycles. The van der Waals surface area contributed by atoms with E-state index in [0.29, 0.717) is 38.6 Å². The molecule has 25 heavy (non-hydrogen) atoms. The molecule has 0 atom stereocenters. The van der Waals surface area contributed by atoms with Gasteiger partial charge in [0, 0.05) is 17.8 Å². The van der Waals surface area contributed by atoms with Crippen LogP contribution >= 0.6 is 34.8 Å². The number of hydrogen-bond donors (Lipinski definition) is 3. The second-order valence-electron chi connectivity index (χ2n) is 5.08. The highest BCUT2D eigenvalue weighted by atomic mass is 35.5. The number of halogens is 3. The average Bonchev–Trinajstić information content (AvgIpc) is 2.58. The number of amides is 2. The highest BCUT2D eigenvalue weighted by Crippen LogP contribution is 2.32. The van der Waals surface area contributed by atoms with Crippen LogP contribution in [0.3, 0.4) is 0 Å². The molecule has 0 aromatic heterocycles. The van der Waals surface area contributed by atoms with E-state index in [2.05, 4.69) is 16.0 Å². The normalized spacial score (nSPS) is 10.2. The molecule has 132 valence electrons. The fourth-order valence-electron chi connectivity index (χ4n) is 2.00. The minimum Gasteiger partial charge on any atom is -0.376 e. The quantitative estimate of drug-likeness (QED) is 0.628. The zero-order valence-corrected chi connectivity index (χ0v) is 15.6. The number of rotatable bonds is 6. The van der Waals surface area contributed by atoms with E-state index in [-0.39, 0.29) is 18.4 Å². The Labute approximate surface area is 160 Å². The lowest BCUT2D eigenvalue weighted by Gasteiger charge is -2.10. The zero-order chi connectivity index (χ0) is 18.4. The van der Waals surface area contributed by atoms with Gasteiger partial charge < -0.3 is 16.0 Å². The van der Waals surface area contributed by atoms with E-state index in [1.807, 2.05) is 6.92 Å². The molecule has 0 unspecified atom stereocenters. The molecule has 2 aromatic rings. The first kappa shape index (κ1) is 19.4. The molecule has 3 N–H and O–H groups in total. The van der Waals surface area contributed by atoms with Crippen molar-refractivity contribution in [3.63, 3.8) is 0 Å². The SMILES string of the molecule is CCNC(=O)c1ccc(NCC(=O)Nc2cc(Cl)c(Cl)cc2Cl)cc1. The van der Waals surface area contributed by atoms with Gasteiger partial charge in [-0.2, -0.15) is 0 Å². The number of anilines is 2. The summed E-state index contributed by atoms with van der Waals surface area (Å²) in [5, 5.41) is 9.25. The molecule has 0 radical (unpaired) electrons. The second kappa shape index (κ2) is 8.94. The smallest absolute Gasteiger partial charge is 0.251 e. The van der Waals surface area contributed by atoms with E-state index in [0.717, 1.165) is 0 Å². The fraction of sp³-hybridized carbons (Fsp3) is 0.176. The van der Waals surface area contributed by atoms with Crippen LogP contribution < -0.4 is 16.0 Å². The molecule has 0 saturated heterocycles. The molecule has 0 bridgehead atoms. The van der Waals surface area contributed by atoms with E-state index in [9.17, 15) is 9.59 Å². The molecule has 0 aliphatic heterocycles. The van der Waals surface area contributed by atoms with Gasteiger partial charge in [-0.15, -0.1) is 0 Å². The van der Waals surface area contributed by atoms with Gasteiger partial charge in [0.05, 0.1) is 27.3 Å². The maximum absolute atomic E-state index is 12.0. The third kappa shape index (κ3) is 5.53. The number of hydrogen-bond acceptors (Lipinski definition) is 3. The molecular weight excluding hydrogens is 385 g/mol. The Hall–Kier alpha value is -1.95. The van der Waals surface area contributed by atoms with Crippen molar-refractivity contribution in [3.8, 4) is 0 Å². The van der Waals surface area contributed by atoms with Crippen LogP contribution in [0.2, 0.25) is 15.1 Å². The van der Waals surface area contributed by atoms with Gasteiger partial charge in [-0.25, -0.2) is 0 Å². The summed E-state index contributed by atoms with van der Waals surface area (Å²) in [6, 6.07) is 9.77. The van der Waals surface area contributed by atoms with Crippen molar-refractivity contribution in [2.45, 2.75) is 6.92 Å². The number of nitrogens with one attached hydrogen (secondary N) is 3. The molecule has 5 nitrogen and oxygen atoms in total. The minimum absolute atomic E-state index is 0.0249. The lowest BCUT2D eigenvalue weighted by Crippen LogP contribution is -2.23. The second-order valence-corrected chi connectivity index (χ2v) is 6.31. The Morgan fingerprint density at radius 3 is 2.24 bits per heavy atom. The zero-order valence-electron chi connectivity index (χ0n) is 13.3. The molecule has 0 aliphatic carbocycles. The lowest BCUT2D eigenvalue weighted by molar-refractivity contribution is -0.114. The van der Waals surface area contributed by atoms with Gasteiger partial charge in [0.15, 0.2) is 0 Å². The van der Waals surface area contributed by atoms with Crippen LogP contribution in [-0.4, -0.2) is 24.9 Å². The summed E-state index contributed by atoms with van der Waals surface area (Å²) in [6.45, 7) is 2.44. The molecule has 0 saturated carbocycles.